The fraction of sp³-hybridized carbons (Fsp3) is 0.222. The summed E-state index contributed by atoms with van der Waals surface area (Å²) in [4.78, 5) is 25.5. The van der Waals surface area contributed by atoms with Crippen molar-refractivity contribution in [2.24, 2.45) is 0 Å². The molecule has 0 unspecified atom stereocenters. The van der Waals surface area contributed by atoms with E-state index in [4.69, 9.17) is 0 Å². The molecule has 0 aliphatic carbocycles. The van der Waals surface area contributed by atoms with Crippen molar-refractivity contribution in [1.82, 2.24) is 0 Å². The summed E-state index contributed by atoms with van der Waals surface area (Å²) in [6.07, 6.45) is -3.60. The second kappa shape index (κ2) is 6.78. The Morgan fingerprint density at radius 2 is 1.77 bits per heavy atom. The highest BCUT2D eigenvalue weighted by molar-refractivity contribution is 6.05. The number of anilines is 2. The SMILES string of the molecule is O=C(Nc1ccc(F)c(C(F)(F)F)c1)c1ccc(N2CCCC2=O)cc1. The molecule has 0 atom stereocenters. The molecule has 1 saturated heterocycles. The number of hydrogen-bond acceptors (Lipinski definition) is 2. The summed E-state index contributed by atoms with van der Waals surface area (Å²) in [7, 11) is 0. The van der Waals surface area contributed by atoms with E-state index in [1.807, 2.05) is 0 Å². The molecule has 0 saturated carbocycles. The average Bonchev–Trinajstić information content (AvgIpc) is 3.01. The van der Waals surface area contributed by atoms with Crippen molar-refractivity contribution in [2.75, 3.05) is 16.8 Å². The van der Waals surface area contributed by atoms with E-state index < -0.39 is 23.5 Å². The number of hydrogen-bond donors (Lipinski definition) is 1. The minimum Gasteiger partial charge on any atom is -0.322 e. The van der Waals surface area contributed by atoms with Gasteiger partial charge in [-0.1, -0.05) is 0 Å². The smallest absolute Gasteiger partial charge is 0.322 e. The van der Waals surface area contributed by atoms with Crippen LogP contribution >= 0.6 is 0 Å². The third-order valence-corrected chi connectivity index (χ3v) is 4.04. The molecule has 1 fully saturated rings. The minimum absolute atomic E-state index is 0.00759. The zero-order valence-electron chi connectivity index (χ0n) is 13.4. The van der Waals surface area contributed by atoms with E-state index in [-0.39, 0.29) is 17.2 Å². The van der Waals surface area contributed by atoms with Gasteiger partial charge in [0, 0.05) is 29.9 Å². The van der Waals surface area contributed by atoms with Gasteiger partial charge in [-0.25, -0.2) is 4.39 Å². The third-order valence-electron chi connectivity index (χ3n) is 4.04. The van der Waals surface area contributed by atoms with Crippen molar-refractivity contribution in [1.29, 1.82) is 0 Å². The second-order valence-corrected chi connectivity index (χ2v) is 5.84. The normalized spacial score (nSPS) is 14.6. The summed E-state index contributed by atoms with van der Waals surface area (Å²) in [5.74, 6) is -2.03. The monoisotopic (exact) mass is 366 g/mol. The lowest BCUT2D eigenvalue weighted by atomic mass is 10.1. The Kier molecular flexibility index (Phi) is 4.67. The van der Waals surface area contributed by atoms with Gasteiger partial charge in [-0.05, 0) is 48.9 Å². The molecule has 0 bridgehead atoms. The van der Waals surface area contributed by atoms with Crippen LogP contribution in [0.3, 0.4) is 0 Å². The van der Waals surface area contributed by atoms with E-state index in [0.717, 1.165) is 12.5 Å². The van der Waals surface area contributed by atoms with E-state index in [0.29, 0.717) is 30.8 Å². The van der Waals surface area contributed by atoms with Crippen molar-refractivity contribution >= 4 is 23.2 Å². The zero-order chi connectivity index (χ0) is 18.9. The van der Waals surface area contributed by atoms with Crippen LogP contribution in [-0.4, -0.2) is 18.4 Å². The predicted molar refractivity (Wildman–Crippen MR) is 87.4 cm³/mol. The molecular weight excluding hydrogens is 352 g/mol. The van der Waals surface area contributed by atoms with Crippen LogP contribution in [0.15, 0.2) is 42.5 Å². The van der Waals surface area contributed by atoms with E-state index in [9.17, 15) is 27.2 Å². The molecule has 1 aliphatic heterocycles. The van der Waals surface area contributed by atoms with Crippen LogP contribution in [0.25, 0.3) is 0 Å². The van der Waals surface area contributed by atoms with Crippen molar-refractivity contribution in [3.8, 4) is 0 Å². The van der Waals surface area contributed by atoms with Crippen LogP contribution in [0.1, 0.15) is 28.8 Å². The molecule has 0 aromatic heterocycles. The molecular formula is C18H14F4N2O2. The number of carbonyl (C=O) groups is 2. The minimum atomic E-state index is -4.85. The Bertz CT molecular complexity index is 847. The molecule has 3 rings (SSSR count). The molecule has 8 heteroatoms. The first-order valence-electron chi connectivity index (χ1n) is 7.84. The highest BCUT2D eigenvalue weighted by Gasteiger charge is 2.34. The van der Waals surface area contributed by atoms with Crippen LogP contribution in [-0.2, 0) is 11.0 Å². The Morgan fingerprint density at radius 3 is 2.35 bits per heavy atom. The molecule has 1 heterocycles. The zero-order valence-corrected chi connectivity index (χ0v) is 13.4. The number of amides is 2. The van der Waals surface area contributed by atoms with Crippen LogP contribution in [0.4, 0.5) is 28.9 Å². The second-order valence-electron chi connectivity index (χ2n) is 5.84. The summed E-state index contributed by atoms with van der Waals surface area (Å²) in [6, 6.07) is 8.41. The third kappa shape index (κ3) is 3.68. The Labute approximate surface area is 146 Å². The summed E-state index contributed by atoms with van der Waals surface area (Å²) in [6.45, 7) is 0.611. The van der Waals surface area contributed by atoms with Gasteiger partial charge in [0.2, 0.25) is 5.91 Å². The standard InChI is InChI=1S/C18H14F4N2O2/c19-15-8-5-12(10-14(15)18(20,21)22)23-17(26)11-3-6-13(7-4-11)24-9-1-2-16(24)25/h3-8,10H,1-2,9H2,(H,23,26). The van der Waals surface area contributed by atoms with Crippen LogP contribution in [0.2, 0.25) is 0 Å². The number of nitrogens with zero attached hydrogens (tertiary/aromatic N) is 1. The van der Waals surface area contributed by atoms with Crippen molar-refractivity contribution in [2.45, 2.75) is 19.0 Å². The van der Waals surface area contributed by atoms with Gasteiger partial charge in [0.15, 0.2) is 0 Å². The highest BCUT2D eigenvalue weighted by Crippen LogP contribution is 2.33. The quantitative estimate of drug-likeness (QED) is 0.827. The largest absolute Gasteiger partial charge is 0.419 e. The topological polar surface area (TPSA) is 49.4 Å². The molecule has 4 nitrogen and oxygen atoms in total. The number of alkyl halides is 3. The fourth-order valence-corrected chi connectivity index (χ4v) is 2.74. The maximum absolute atomic E-state index is 13.3. The van der Waals surface area contributed by atoms with Crippen molar-refractivity contribution in [3.63, 3.8) is 0 Å². The van der Waals surface area contributed by atoms with Crippen LogP contribution in [0, 0.1) is 5.82 Å². The van der Waals surface area contributed by atoms with E-state index in [1.165, 1.54) is 12.1 Å². The van der Waals surface area contributed by atoms with E-state index >= 15 is 0 Å². The van der Waals surface area contributed by atoms with Crippen LogP contribution in [0.5, 0.6) is 0 Å². The first kappa shape index (κ1) is 17.9. The van der Waals surface area contributed by atoms with E-state index in [1.54, 1.807) is 17.0 Å². The first-order valence-corrected chi connectivity index (χ1v) is 7.84. The number of nitrogens with one attached hydrogen (secondary N) is 1. The lowest BCUT2D eigenvalue weighted by Crippen LogP contribution is -2.23. The molecule has 0 spiro atoms. The molecule has 26 heavy (non-hydrogen) atoms. The molecule has 2 aromatic carbocycles. The number of halogens is 4. The molecule has 2 aromatic rings. The maximum Gasteiger partial charge on any atom is 0.419 e. The maximum atomic E-state index is 13.3. The lowest BCUT2D eigenvalue weighted by Gasteiger charge is -2.16. The average molecular weight is 366 g/mol. The van der Waals surface area contributed by atoms with Gasteiger partial charge in [0.1, 0.15) is 5.82 Å². The molecule has 0 radical (unpaired) electrons. The first-order chi connectivity index (χ1) is 12.3. The van der Waals surface area contributed by atoms with Crippen LogP contribution < -0.4 is 10.2 Å². The number of rotatable bonds is 3. The lowest BCUT2D eigenvalue weighted by molar-refractivity contribution is -0.139. The van der Waals surface area contributed by atoms with Crippen molar-refractivity contribution in [3.05, 3.63) is 59.4 Å². The molecule has 136 valence electrons. The summed E-state index contributed by atoms with van der Waals surface area (Å²) >= 11 is 0. The van der Waals surface area contributed by atoms with Gasteiger partial charge in [0.25, 0.3) is 5.91 Å². The molecule has 1 aliphatic rings. The van der Waals surface area contributed by atoms with Gasteiger partial charge < -0.3 is 10.2 Å². The number of carbonyl (C=O) groups excluding carboxylic acids is 2. The summed E-state index contributed by atoms with van der Waals surface area (Å²) in [5, 5.41) is 2.31. The van der Waals surface area contributed by atoms with Gasteiger partial charge in [-0.3, -0.25) is 9.59 Å². The van der Waals surface area contributed by atoms with E-state index in [2.05, 4.69) is 5.32 Å². The Hall–Kier alpha value is -2.90. The highest BCUT2D eigenvalue weighted by atomic mass is 19.4. The summed E-state index contributed by atoms with van der Waals surface area (Å²) < 4.78 is 51.5. The van der Waals surface area contributed by atoms with Gasteiger partial charge in [-0.15, -0.1) is 0 Å². The predicted octanol–water partition coefficient (Wildman–Crippen LogP) is 4.22. The van der Waals surface area contributed by atoms with Gasteiger partial charge in [0.05, 0.1) is 5.56 Å². The number of benzene rings is 2. The molecule has 2 amide bonds. The Balaban J connectivity index is 1.75. The Morgan fingerprint density at radius 1 is 1.08 bits per heavy atom. The fourth-order valence-electron chi connectivity index (χ4n) is 2.74. The van der Waals surface area contributed by atoms with Gasteiger partial charge in [-0.2, -0.15) is 13.2 Å². The molecule has 1 N–H and O–H groups in total. The van der Waals surface area contributed by atoms with Gasteiger partial charge >= 0.3 is 6.18 Å². The van der Waals surface area contributed by atoms with Crippen molar-refractivity contribution < 1.29 is 27.2 Å². The summed E-state index contributed by atoms with van der Waals surface area (Å²) in [5.41, 5.74) is -0.746.